The number of pyridine rings is 1. The van der Waals surface area contributed by atoms with E-state index in [2.05, 4.69) is 33.2 Å². The molecule has 0 bridgehead atoms. The van der Waals surface area contributed by atoms with E-state index in [0.29, 0.717) is 16.2 Å². The Morgan fingerprint density at radius 2 is 2.14 bits per heavy atom. The Bertz CT molecular complexity index is 606. The van der Waals surface area contributed by atoms with Crippen LogP contribution in [0.5, 0.6) is 0 Å². The van der Waals surface area contributed by atoms with Gasteiger partial charge in [0.15, 0.2) is 0 Å². The third-order valence-electron chi connectivity index (χ3n) is 4.14. The van der Waals surface area contributed by atoms with Crippen LogP contribution in [-0.2, 0) is 10.0 Å². The third-order valence-corrected chi connectivity index (χ3v) is 6.49. The average molecular weight is 376 g/mol. The first-order chi connectivity index (χ1) is 9.86. The van der Waals surface area contributed by atoms with Crippen molar-refractivity contribution >= 4 is 31.8 Å². The highest BCUT2D eigenvalue weighted by Crippen LogP contribution is 2.32. The van der Waals surface area contributed by atoms with Gasteiger partial charge in [0, 0.05) is 30.8 Å². The first kappa shape index (κ1) is 16.7. The van der Waals surface area contributed by atoms with Gasteiger partial charge in [0.1, 0.15) is 10.7 Å². The van der Waals surface area contributed by atoms with Crippen LogP contribution in [0.25, 0.3) is 0 Å². The highest BCUT2D eigenvalue weighted by atomic mass is 79.9. The molecule has 7 heteroatoms. The van der Waals surface area contributed by atoms with Gasteiger partial charge in [-0.05, 0) is 40.8 Å². The zero-order chi connectivity index (χ0) is 15.6. The van der Waals surface area contributed by atoms with E-state index >= 15 is 0 Å². The van der Waals surface area contributed by atoms with Gasteiger partial charge < -0.3 is 5.32 Å². The summed E-state index contributed by atoms with van der Waals surface area (Å²) < 4.78 is 28.0. The molecule has 0 saturated heterocycles. The number of nitrogens with one attached hydrogen (secondary N) is 1. The number of aromatic nitrogens is 1. The molecular formula is C14H22BrN3O2S. The molecule has 1 N–H and O–H groups in total. The minimum atomic E-state index is -3.55. The summed E-state index contributed by atoms with van der Waals surface area (Å²) in [5.74, 6) is 0.958. The SMILES string of the molecule is CNc1ncc(Br)cc1S(=O)(=O)N(C)C1CCCC(C)C1. The molecule has 0 aromatic carbocycles. The number of halogens is 1. The molecule has 118 valence electrons. The second-order valence-electron chi connectivity index (χ2n) is 5.70. The molecule has 1 aliphatic carbocycles. The lowest BCUT2D eigenvalue weighted by Gasteiger charge is -2.33. The summed E-state index contributed by atoms with van der Waals surface area (Å²) in [6, 6.07) is 1.68. The predicted octanol–water partition coefficient (Wildman–Crippen LogP) is 3.09. The van der Waals surface area contributed by atoms with Crippen molar-refractivity contribution in [3.63, 3.8) is 0 Å². The van der Waals surface area contributed by atoms with Crippen LogP contribution in [0, 0.1) is 5.92 Å². The van der Waals surface area contributed by atoms with Gasteiger partial charge in [-0.1, -0.05) is 19.8 Å². The van der Waals surface area contributed by atoms with Crippen LogP contribution in [0.15, 0.2) is 21.6 Å². The number of anilines is 1. The smallest absolute Gasteiger partial charge is 0.246 e. The minimum Gasteiger partial charge on any atom is -0.372 e. The maximum atomic E-state index is 12.9. The highest BCUT2D eigenvalue weighted by Gasteiger charge is 2.32. The first-order valence-corrected chi connectivity index (χ1v) is 9.41. The lowest BCUT2D eigenvalue weighted by atomic mass is 9.87. The number of hydrogen-bond donors (Lipinski definition) is 1. The molecule has 21 heavy (non-hydrogen) atoms. The van der Waals surface area contributed by atoms with Crippen LogP contribution >= 0.6 is 15.9 Å². The summed E-state index contributed by atoms with van der Waals surface area (Å²) in [5, 5.41) is 2.86. The van der Waals surface area contributed by atoms with E-state index in [-0.39, 0.29) is 10.9 Å². The quantitative estimate of drug-likeness (QED) is 0.877. The zero-order valence-corrected chi connectivity index (χ0v) is 15.0. The van der Waals surface area contributed by atoms with Crippen molar-refractivity contribution in [2.75, 3.05) is 19.4 Å². The van der Waals surface area contributed by atoms with Gasteiger partial charge >= 0.3 is 0 Å². The lowest BCUT2D eigenvalue weighted by Crippen LogP contribution is -2.40. The van der Waals surface area contributed by atoms with E-state index < -0.39 is 10.0 Å². The Kier molecular flexibility index (Phi) is 5.27. The lowest BCUT2D eigenvalue weighted by molar-refractivity contribution is 0.239. The molecule has 0 amide bonds. The zero-order valence-electron chi connectivity index (χ0n) is 12.6. The van der Waals surface area contributed by atoms with Crippen molar-refractivity contribution in [2.24, 2.45) is 5.92 Å². The molecule has 1 heterocycles. The standard InChI is InChI=1S/C14H22BrN3O2S/c1-10-5-4-6-12(7-10)18(3)21(19,20)13-8-11(15)9-17-14(13)16-2/h8-10,12H,4-7H2,1-3H3,(H,16,17). The Balaban J connectivity index is 2.35. The monoisotopic (exact) mass is 375 g/mol. The maximum absolute atomic E-state index is 12.9. The minimum absolute atomic E-state index is 0.0717. The number of nitrogens with zero attached hydrogens (tertiary/aromatic N) is 2. The number of sulfonamides is 1. The van der Waals surface area contributed by atoms with E-state index in [1.807, 2.05) is 0 Å². The van der Waals surface area contributed by atoms with Crippen LogP contribution in [0.1, 0.15) is 32.6 Å². The van der Waals surface area contributed by atoms with Crippen molar-refractivity contribution in [2.45, 2.75) is 43.5 Å². The Labute approximate surface area is 135 Å². The fourth-order valence-electron chi connectivity index (χ4n) is 2.89. The van der Waals surface area contributed by atoms with Crippen LogP contribution in [0.4, 0.5) is 5.82 Å². The van der Waals surface area contributed by atoms with Crippen molar-refractivity contribution in [1.82, 2.24) is 9.29 Å². The maximum Gasteiger partial charge on any atom is 0.246 e. The molecule has 2 atom stereocenters. The topological polar surface area (TPSA) is 62.3 Å². The van der Waals surface area contributed by atoms with E-state index in [1.165, 1.54) is 10.7 Å². The first-order valence-electron chi connectivity index (χ1n) is 7.17. The van der Waals surface area contributed by atoms with Crippen molar-refractivity contribution in [3.05, 3.63) is 16.7 Å². The molecule has 1 aromatic heterocycles. The van der Waals surface area contributed by atoms with E-state index in [1.54, 1.807) is 26.4 Å². The molecule has 1 saturated carbocycles. The molecule has 1 fully saturated rings. The van der Waals surface area contributed by atoms with Crippen molar-refractivity contribution in [1.29, 1.82) is 0 Å². The molecule has 0 spiro atoms. The van der Waals surface area contributed by atoms with Crippen LogP contribution in [0.2, 0.25) is 0 Å². The fraction of sp³-hybridized carbons (Fsp3) is 0.643. The molecule has 1 aromatic rings. The molecule has 2 unspecified atom stereocenters. The van der Waals surface area contributed by atoms with Gasteiger partial charge in [0.25, 0.3) is 0 Å². The Hall–Kier alpha value is -0.660. The molecule has 0 radical (unpaired) electrons. The summed E-state index contributed by atoms with van der Waals surface area (Å²) in [4.78, 5) is 4.36. The normalized spacial score (nSPS) is 23.3. The molecule has 1 aliphatic rings. The van der Waals surface area contributed by atoms with Crippen LogP contribution in [-0.4, -0.2) is 37.8 Å². The summed E-state index contributed by atoms with van der Waals surface area (Å²) in [6.07, 6.45) is 5.71. The summed E-state index contributed by atoms with van der Waals surface area (Å²) in [5.41, 5.74) is 0. The second-order valence-corrected chi connectivity index (χ2v) is 8.58. The summed E-state index contributed by atoms with van der Waals surface area (Å²) >= 11 is 3.30. The van der Waals surface area contributed by atoms with Gasteiger partial charge in [-0.25, -0.2) is 13.4 Å². The van der Waals surface area contributed by atoms with Gasteiger partial charge in [-0.15, -0.1) is 0 Å². The van der Waals surface area contributed by atoms with E-state index in [9.17, 15) is 8.42 Å². The number of rotatable bonds is 4. The summed E-state index contributed by atoms with van der Waals surface area (Å²) in [7, 11) is -0.191. The van der Waals surface area contributed by atoms with Crippen LogP contribution < -0.4 is 5.32 Å². The summed E-state index contributed by atoms with van der Waals surface area (Å²) in [6.45, 7) is 2.19. The number of hydrogen-bond acceptors (Lipinski definition) is 4. The average Bonchev–Trinajstić information content (AvgIpc) is 2.46. The second kappa shape index (κ2) is 6.62. The molecule has 0 aliphatic heterocycles. The third kappa shape index (κ3) is 3.57. The van der Waals surface area contributed by atoms with Crippen molar-refractivity contribution < 1.29 is 8.42 Å². The van der Waals surface area contributed by atoms with Gasteiger partial charge in [0.05, 0.1) is 0 Å². The highest BCUT2D eigenvalue weighted by molar-refractivity contribution is 9.10. The Morgan fingerprint density at radius 1 is 1.43 bits per heavy atom. The van der Waals surface area contributed by atoms with Gasteiger partial charge in [-0.2, -0.15) is 4.31 Å². The largest absolute Gasteiger partial charge is 0.372 e. The van der Waals surface area contributed by atoms with Gasteiger partial charge in [0.2, 0.25) is 10.0 Å². The predicted molar refractivity (Wildman–Crippen MR) is 87.9 cm³/mol. The molecule has 2 rings (SSSR count). The Morgan fingerprint density at radius 3 is 2.76 bits per heavy atom. The van der Waals surface area contributed by atoms with Gasteiger partial charge in [-0.3, -0.25) is 0 Å². The van der Waals surface area contributed by atoms with Crippen LogP contribution in [0.3, 0.4) is 0 Å². The van der Waals surface area contributed by atoms with E-state index in [4.69, 9.17) is 0 Å². The molecule has 5 nitrogen and oxygen atoms in total. The fourth-order valence-corrected chi connectivity index (χ4v) is 4.94. The van der Waals surface area contributed by atoms with Crippen molar-refractivity contribution in [3.8, 4) is 0 Å². The molecular weight excluding hydrogens is 354 g/mol. The van der Waals surface area contributed by atoms with E-state index in [0.717, 1.165) is 19.3 Å².